The average Bonchev–Trinajstić information content (AvgIpc) is 2.83. The molecule has 0 aromatic heterocycles. The fourth-order valence-electron chi connectivity index (χ4n) is 3.50. The summed E-state index contributed by atoms with van der Waals surface area (Å²) in [6, 6.07) is 6.69. The van der Waals surface area contributed by atoms with E-state index in [0.717, 1.165) is 5.75 Å². The summed E-state index contributed by atoms with van der Waals surface area (Å²) in [7, 11) is 0. The lowest BCUT2D eigenvalue weighted by Crippen LogP contribution is -2.52. The number of hydrogen-bond donors (Lipinski definition) is 0. The normalized spacial score (nSPS) is 28.5. The van der Waals surface area contributed by atoms with Crippen molar-refractivity contribution in [2.45, 2.75) is 45.4 Å². The zero-order valence-electron chi connectivity index (χ0n) is 14.4. The van der Waals surface area contributed by atoms with Gasteiger partial charge in [-0.05, 0) is 45.0 Å². The van der Waals surface area contributed by atoms with E-state index >= 15 is 0 Å². The number of rotatable bonds is 4. The van der Waals surface area contributed by atoms with Crippen LogP contribution in [0.1, 0.15) is 27.2 Å². The van der Waals surface area contributed by atoms with Gasteiger partial charge in [-0.3, -0.25) is 14.5 Å². The maximum atomic E-state index is 12.8. The fourth-order valence-corrected chi connectivity index (χ4v) is 3.50. The summed E-state index contributed by atoms with van der Waals surface area (Å²) < 4.78 is 11.1. The fraction of sp³-hybridized carbons (Fsp3) is 0.556. The standard InChI is InChI=1S/C18H24N2O4/c1-4-23-15-7-5-14(6-8-15)20-17(21)9-16(18(20)22)19-10-12(2)24-13(3)11-19/h5-8,12-13,16H,4,9-11H2,1-3H3/t12-,13-,16+/m1/s1. The van der Waals surface area contributed by atoms with Gasteiger partial charge in [0, 0.05) is 13.1 Å². The second-order valence-corrected chi connectivity index (χ2v) is 6.43. The van der Waals surface area contributed by atoms with Crippen molar-refractivity contribution in [1.82, 2.24) is 4.90 Å². The molecule has 1 aromatic rings. The molecular weight excluding hydrogens is 308 g/mol. The number of carbonyl (C=O) groups excluding carboxylic acids is 2. The molecular formula is C18H24N2O4. The van der Waals surface area contributed by atoms with E-state index in [0.29, 0.717) is 25.4 Å². The van der Waals surface area contributed by atoms with Gasteiger partial charge < -0.3 is 9.47 Å². The van der Waals surface area contributed by atoms with Crippen LogP contribution < -0.4 is 9.64 Å². The number of imide groups is 1. The van der Waals surface area contributed by atoms with Crippen molar-refractivity contribution >= 4 is 17.5 Å². The Balaban J connectivity index is 1.76. The summed E-state index contributed by atoms with van der Waals surface area (Å²) in [6.45, 7) is 7.82. The van der Waals surface area contributed by atoms with E-state index in [-0.39, 0.29) is 30.4 Å². The summed E-state index contributed by atoms with van der Waals surface area (Å²) in [5.74, 6) is 0.430. The average molecular weight is 332 g/mol. The second-order valence-electron chi connectivity index (χ2n) is 6.43. The van der Waals surface area contributed by atoms with Crippen molar-refractivity contribution in [2.24, 2.45) is 0 Å². The van der Waals surface area contributed by atoms with Gasteiger partial charge in [-0.2, -0.15) is 0 Å². The molecule has 0 saturated carbocycles. The predicted octanol–water partition coefficient (Wildman–Crippen LogP) is 1.83. The number of ether oxygens (including phenoxy) is 2. The second kappa shape index (κ2) is 6.91. The highest BCUT2D eigenvalue weighted by atomic mass is 16.5. The van der Waals surface area contributed by atoms with Gasteiger partial charge in [-0.1, -0.05) is 0 Å². The van der Waals surface area contributed by atoms with Crippen LogP contribution in [0.25, 0.3) is 0 Å². The summed E-state index contributed by atoms with van der Waals surface area (Å²) in [5.41, 5.74) is 0.602. The Morgan fingerprint density at radius 1 is 1.12 bits per heavy atom. The molecule has 0 aliphatic carbocycles. The SMILES string of the molecule is CCOc1ccc(N2C(=O)C[C@H](N3C[C@@H](C)O[C@H](C)C3)C2=O)cc1. The van der Waals surface area contributed by atoms with Crippen LogP contribution in [0.3, 0.4) is 0 Å². The smallest absolute Gasteiger partial charge is 0.251 e. The Hall–Kier alpha value is -1.92. The molecule has 3 atom stereocenters. The van der Waals surface area contributed by atoms with E-state index in [1.807, 2.05) is 20.8 Å². The predicted molar refractivity (Wildman–Crippen MR) is 90.1 cm³/mol. The molecule has 2 amide bonds. The van der Waals surface area contributed by atoms with E-state index in [4.69, 9.17) is 9.47 Å². The first-order chi connectivity index (χ1) is 11.5. The third-order valence-electron chi connectivity index (χ3n) is 4.42. The molecule has 2 heterocycles. The highest BCUT2D eigenvalue weighted by Gasteiger charge is 2.44. The van der Waals surface area contributed by atoms with Crippen LogP contribution in [0.2, 0.25) is 0 Å². The number of hydrogen-bond acceptors (Lipinski definition) is 5. The molecule has 3 rings (SSSR count). The highest BCUT2D eigenvalue weighted by Crippen LogP contribution is 2.28. The van der Waals surface area contributed by atoms with Crippen molar-refractivity contribution in [3.63, 3.8) is 0 Å². The Morgan fingerprint density at radius 3 is 2.33 bits per heavy atom. The Labute approximate surface area is 142 Å². The third-order valence-corrected chi connectivity index (χ3v) is 4.42. The van der Waals surface area contributed by atoms with Gasteiger partial charge in [0.2, 0.25) is 5.91 Å². The minimum absolute atomic E-state index is 0.0659. The first-order valence-electron chi connectivity index (χ1n) is 8.48. The molecule has 0 radical (unpaired) electrons. The number of anilines is 1. The summed E-state index contributed by atoms with van der Waals surface area (Å²) in [4.78, 5) is 28.6. The van der Waals surface area contributed by atoms with Gasteiger partial charge in [0.05, 0.1) is 37.0 Å². The van der Waals surface area contributed by atoms with Crippen LogP contribution in [0, 0.1) is 0 Å². The van der Waals surface area contributed by atoms with Crippen LogP contribution in [0.15, 0.2) is 24.3 Å². The lowest BCUT2D eigenvalue weighted by Gasteiger charge is -2.37. The van der Waals surface area contributed by atoms with Gasteiger partial charge in [-0.15, -0.1) is 0 Å². The minimum atomic E-state index is -0.391. The van der Waals surface area contributed by atoms with Crippen molar-refractivity contribution in [3.8, 4) is 5.75 Å². The molecule has 130 valence electrons. The quantitative estimate of drug-likeness (QED) is 0.787. The van der Waals surface area contributed by atoms with Gasteiger partial charge in [-0.25, -0.2) is 4.90 Å². The number of carbonyl (C=O) groups is 2. The number of morpholine rings is 1. The molecule has 2 aliphatic rings. The van der Waals surface area contributed by atoms with Gasteiger partial charge >= 0.3 is 0 Å². The Kier molecular flexibility index (Phi) is 4.87. The molecule has 2 fully saturated rings. The Morgan fingerprint density at radius 2 is 1.75 bits per heavy atom. The minimum Gasteiger partial charge on any atom is -0.494 e. The number of amides is 2. The van der Waals surface area contributed by atoms with Gasteiger partial charge in [0.15, 0.2) is 0 Å². The maximum Gasteiger partial charge on any atom is 0.251 e. The lowest BCUT2D eigenvalue weighted by molar-refractivity contribution is -0.127. The molecule has 2 aliphatic heterocycles. The zero-order chi connectivity index (χ0) is 17.3. The van der Waals surface area contributed by atoms with E-state index < -0.39 is 6.04 Å². The molecule has 0 bridgehead atoms. The highest BCUT2D eigenvalue weighted by molar-refractivity contribution is 6.22. The van der Waals surface area contributed by atoms with E-state index in [1.165, 1.54) is 4.90 Å². The van der Waals surface area contributed by atoms with E-state index in [9.17, 15) is 9.59 Å². The number of nitrogens with zero attached hydrogens (tertiary/aromatic N) is 2. The molecule has 0 spiro atoms. The largest absolute Gasteiger partial charge is 0.494 e. The summed E-state index contributed by atoms with van der Waals surface area (Å²) in [5, 5.41) is 0. The molecule has 24 heavy (non-hydrogen) atoms. The van der Waals surface area contributed by atoms with Crippen LogP contribution in [-0.2, 0) is 14.3 Å². The Bertz CT molecular complexity index is 606. The van der Waals surface area contributed by atoms with Crippen molar-refractivity contribution in [1.29, 1.82) is 0 Å². The van der Waals surface area contributed by atoms with Crippen molar-refractivity contribution < 1.29 is 19.1 Å². The molecule has 6 nitrogen and oxygen atoms in total. The van der Waals surface area contributed by atoms with Crippen LogP contribution in [-0.4, -0.2) is 54.7 Å². The summed E-state index contributed by atoms with van der Waals surface area (Å²) in [6.07, 6.45) is 0.359. The van der Waals surface area contributed by atoms with Gasteiger partial charge in [0.1, 0.15) is 5.75 Å². The first-order valence-corrected chi connectivity index (χ1v) is 8.48. The molecule has 0 N–H and O–H groups in total. The van der Waals surface area contributed by atoms with E-state index in [2.05, 4.69) is 4.90 Å². The van der Waals surface area contributed by atoms with Crippen LogP contribution in [0.5, 0.6) is 5.75 Å². The van der Waals surface area contributed by atoms with E-state index in [1.54, 1.807) is 24.3 Å². The van der Waals surface area contributed by atoms with Crippen molar-refractivity contribution in [2.75, 3.05) is 24.6 Å². The summed E-state index contributed by atoms with van der Waals surface area (Å²) >= 11 is 0. The molecule has 6 heteroatoms. The molecule has 2 saturated heterocycles. The number of benzene rings is 1. The third kappa shape index (κ3) is 3.30. The molecule has 0 unspecified atom stereocenters. The first kappa shape index (κ1) is 16.9. The topological polar surface area (TPSA) is 59.1 Å². The zero-order valence-corrected chi connectivity index (χ0v) is 14.4. The van der Waals surface area contributed by atoms with Crippen LogP contribution in [0.4, 0.5) is 5.69 Å². The molecule has 1 aromatic carbocycles. The van der Waals surface area contributed by atoms with Gasteiger partial charge in [0.25, 0.3) is 5.91 Å². The van der Waals surface area contributed by atoms with Crippen LogP contribution >= 0.6 is 0 Å². The lowest BCUT2D eigenvalue weighted by atomic mass is 10.1. The van der Waals surface area contributed by atoms with Crippen molar-refractivity contribution in [3.05, 3.63) is 24.3 Å². The monoisotopic (exact) mass is 332 g/mol. The maximum absolute atomic E-state index is 12.8.